The zero-order chi connectivity index (χ0) is 19.2. The van der Waals surface area contributed by atoms with Crippen LogP contribution in [0.2, 0.25) is 0 Å². The number of ether oxygens (including phenoxy) is 2. The van der Waals surface area contributed by atoms with Gasteiger partial charge in [0.05, 0.1) is 24.9 Å². The van der Waals surface area contributed by atoms with E-state index in [9.17, 15) is 25.2 Å². The molecule has 1 heterocycles. The van der Waals surface area contributed by atoms with Crippen LogP contribution in [0.15, 0.2) is 0 Å². The van der Waals surface area contributed by atoms with Crippen LogP contribution in [0.1, 0.15) is 41.4 Å². The summed E-state index contributed by atoms with van der Waals surface area (Å²) in [6, 6.07) is -0.803. The molecule has 0 aliphatic carbocycles. The Morgan fingerprint density at radius 1 is 1.50 bits per heavy atom. The lowest BCUT2D eigenvalue weighted by molar-refractivity contribution is -0.310. The monoisotopic (exact) mass is 350 g/mol. The molecule has 1 aliphatic rings. The van der Waals surface area contributed by atoms with Gasteiger partial charge >= 0.3 is 5.97 Å². The van der Waals surface area contributed by atoms with E-state index in [1.165, 1.54) is 7.05 Å². The number of carbonyl (C=O) groups is 1. The van der Waals surface area contributed by atoms with Gasteiger partial charge in [-0.2, -0.15) is 0 Å². The second-order valence-electron chi connectivity index (χ2n) is 6.67. The standard InChI is InChI=1S/C16H31NO7/c1-9(2)6-5-7-23-16(15(21)22)8-11(19)12(17-4)14(24-16)13(20)10(3)18/h9-14,17-20H,5-8H2,1-4H3,(H,21,22)/i3D. The third-order valence-corrected chi connectivity index (χ3v) is 4.22. The minimum atomic E-state index is -2.10. The molecule has 8 nitrogen and oxygen atoms in total. The van der Waals surface area contributed by atoms with Gasteiger partial charge in [-0.25, -0.2) is 4.79 Å². The molecule has 0 radical (unpaired) electrons. The SMILES string of the molecule is [2H]CC(O)C(O)C1OC(OCCCC(C)C)(C(=O)O)CC(O)C1NC. The van der Waals surface area contributed by atoms with Crippen LogP contribution in [-0.4, -0.2) is 76.3 Å². The van der Waals surface area contributed by atoms with Gasteiger partial charge in [0.25, 0.3) is 5.79 Å². The number of hydrogen-bond donors (Lipinski definition) is 5. The van der Waals surface area contributed by atoms with E-state index < -0.39 is 49.1 Å². The van der Waals surface area contributed by atoms with E-state index in [0.717, 1.165) is 6.42 Å². The van der Waals surface area contributed by atoms with Crippen molar-refractivity contribution >= 4 is 5.97 Å². The molecule has 6 atom stereocenters. The van der Waals surface area contributed by atoms with Crippen LogP contribution in [0.3, 0.4) is 0 Å². The number of rotatable bonds is 9. The molecule has 6 unspecified atom stereocenters. The summed E-state index contributed by atoms with van der Waals surface area (Å²) in [6.45, 7) is 3.73. The van der Waals surface area contributed by atoms with Crippen molar-refractivity contribution in [1.29, 1.82) is 0 Å². The van der Waals surface area contributed by atoms with Gasteiger partial charge in [0, 0.05) is 7.79 Å². The third-order valence-electron chi connectivity index (χ3n) is 4.22. The number of carboxylic acids is 1. The number of aliphatic hydroxyl groups is 3. The fourth-order valence-corrected chi connectivity index (χ4v) is 2.84. The van der Waals surface area contributed by atoms with Crippen LogP contribution in [0.4, 0.5) is 0 Å². The van der Waals surface area contributed by atoms with Crippen LogP contribution in [0.5, 0.6) is 0 Å². The maximum Gasteiger partial charge on any atom is 0.364 e. The predicted octanol–water partition coefficient (Wildman–Crippen LogP) is -0.300. The number of nitrogens with one attached hydrogen (secondary N) is 1. The Labute approximate surface area is 144 Å². The van der Waals surface area contributed by atoms with Crippen molar-refractivity contribution < 1.29 is 36.1 Å². The fourth-order valence-electron chi connectivity index (χ4n) is 2.84. The smallest absolute Gasteiger partial charge is 0.364 e. The Morgan fingerprint density at radius 3 is 2.67 bits per heavy atom. The fraction of sp³-hybridized carbons (Fsp3) is 0.938. The Hall–Kier alpha value is -0.770. The van der Waals surface area contributed by atoms with Crippen molar-refractivity contribution in [3.63, 3.8) is 0 Å². The zero-order valence-corrected chi connectivity index (χ0v) is 14.5. The Morgan fingerprint density at radius 2 is 2.17 bits per heavy atom. The van der Waals surface area contributed by atoms with Gasteiger partial charge in [-0.15, -0.1) is 0 Å². The molecule has 0 bridgehead atoms. The van der Waals surface area contributed by atoms with Crippen molar-refractivity contribution in [1.82, 2.24) is 5.32 Å². The molecule has 1 rings (SSSR count). The summed E-state index contributed by atoms with van der Waals surface area (Å²) in [6.07, 6.45) is -4.21. The Balaban J connectivity index is 2.95. The molecule has 0 aromatic carbocycles. The maximum atomic E-state index is 11.8. The summed E-state index contributed by atoms with van der Waals surface area (Å²) < 4.78 is 18.2. The van der Waals surface area contributed by atoms with E-state index in [1.54, 1.807) is 0 Å². The van der Waals surface area contributed by atoms with E-state index in [4.69, 9.17) is 10.8 Å². The molecule has 8 heteroatoms. The van der Waals surface area contributed by atoms with E-state index >= 15 is 0 Å². The van der Waals surface area contributed by atoms with Gasteiger partial charge in [-0.1, -0.05) is 13.8 Å². The number of aliphatic hydroxyl groups excluding tert-OH is 3. The minimum absolute atomic E-state index is 0.130. The van der Waals surface area contributed by atoms with Gasteiger partial charge in [-0.3, -0.25) is 0 Å². The van der Waals surface area contributed by atoms with Crippen molar-refractivity contribution in [2.75, 3.05) is 13.7 Å². The highest BCUT2D eigenvalue weighted by Gasteiger charge is 2.54. The molecule has 0 saturated carbocycles. The lowest BCUT2D eigenvalue weighted by atomic mass is 9.89. The van der Waals surface area contributed by atoms with Crippen molar-refractivity contribution in [2.45, 2.75) is 76.3 Å². The molecule has 0 amide bonds. The van der Waals surface area contributed by atoms with E-state index in [0.29, 0.717) is 12.3 Å². The molecule has 0 aromatic rings. The van der Waals surface area contributed by atoms with Gasteiger partial charge in [-0.05, 0) is 32.7 Å². The largest absolute Gasteiger partial charge is 0.477 e. The number of likely N-dealkylation sites (N-methyl/N-ethyl adjacent to an activating group) is 1. The first-order valence-electron chi connectivity index (χ1n) is 8.95. The molecule has 142 valence electrons. The van der Waals surface area contributed by atoms with Crippen molar-refractivity contribution in [3.8, 4) is 0 Å². The van der Waals surface area contributed by atoms with Crippen LogP contribution >= 0.6 is 0 Å². The molecule has 1 fully saturated rings. The topological polar surface area (TPSA) is 128 Å². The highest BCUT2D eigenvalue weighted by molar-refractivity contribution is 5.76. The highest BCUT2D eigenvalue weighted by atomic mass is 16.7. The molecule has 1 aliphatic heterocycles. The first kappa shape index (κ1) is 19.6. The van der Waals surface area contributed by atoms with Crippen LogP contribution < -0.4 is 5.32 Å². The van der Waals surface area contributed by atoms with Gasteiger partial charge in [0.15, 0.2) is 0 Å². The number of hydrogen-bond acceptors (Lipinski definition) is 7. The van der Waals surface area contributed by atoms with Crippen molar-refractivity contribution in [2.24, 2.45) is 5.92 Å². The Kier molecular flexibility index (Phi) is 7.39. The molecule has 1 saturated heterocycles. The predicted molar refractivity (Wildman–Crippen MR) is 86.4 cm³/mol. The molecule has 24 heavy (non-hydrogen) atoms. The van der Waals surface area contributed by atoms with Crippen LogP contribution in [0, 0.1) is 5.92 Å². The molecule has 5 N–H and O–H groups in total. The molecular weight excluding hydrogens is 318 g/mol. The summed E-state index contributed by atoms with van der Waals surface area (Å²) in [5.74, 6) is -3.06. The van der Waals surface area contributed by atoms with Gasteiger partial charge in [0.1, 0.15) is 12.2 Å². The lowest BCUT2D eigenvalue weighted by Crippen LogP contribution is -2.66. The first-order valence-corrected chi connectivity index (χ1v) is 8.24. The second kappa shape index (κ2) is 9.07. The summed E-state index contributed by atoms with van der Waals surface area (Å²) in [7, 11) is 1.53. The van der Waals surface area contributed by atoms with Crippen LogP contribution in [-0.2, 0) is 14.3 Å². The lowest BCUT2D eigenvalue weighted by Gasteiger charge is -2.46. The van der Waals surface area contributed by atoms with Gasteiger partial charge < -0.3 is 35.2 Å². The average molecular weight is 350 g/mol. The molecular formula is C16H31NO7. The van der Waals surface area contributed by atoms with E-state index in [1.807, 2.05) is 13.8 Å². The first-order chi connectivity index (χ1) is 11.7. The third kappa shape index (κ3) is 5.11. The van der Waals surface area contributed by atoms with E-state index in [2.05, 4.69) is 5.32 Å². The van der Waals surface area contributed by atoms with Crippen molar-refractivity contribution in [3.05, 3.63) is 0 Å². The maximum absolute atomic E-state index is 11.8. The summed E-state index contributed by atoms with van der Waals surface area (Å²) in [5, 5.41) is 42.7. The number of carboxylic acid groups (broad SMARTS) is 1. The summed E-state index contributed by atoms with van der Waals surface area (Å²) in [5.41, 5.74) is 0. The van der Waals surface area contributed by atoms with Gasteiger partial charge in [0.2, 0.25) is 0 Å². The molecule has 0 aromatic heterocycles. The highest BCUT2D eigenvalue weighted by Crippen LogP contribution is 2.33. The van der Waals surface area contributed by atoms with E-state index in [-0.39, 0.29) is 13.0 Å². The minimum Gasteiger partial charge on any atom is -0.477 e. The quantitative estimate of drug-likeness (QED) is 0.359. The molecule has 0 spiro atoms. The normalized spacial score (nSPS) is 34.0. The summed E-state index contributed by atoms with van der Waals surface area (Å²) in [4.78, 5) is 11.8. The second-order valence-corrected chi connectivity index (χ2v) is 6.67. The number of aliphatic carboxylic acids is 1. The Bertz CT molecular complexity index is 425. The average Bonchev–Trinajstić information content (AvgIpc) is 2.56. The summed E-state index contributed by atoms with van der Waals surface area (Å²) >= 11 is 0. The zero-order valence-electron chi connectivity index (χ0n) is 15.5. The van der Waals surface area contributed by atoms with Crippen LogP contribution in [0.25, 0.3) is 0 Å².